The Morgan fingerprint density at radius 3 is 2.97 bits per heavy atom. The predicted molar refractivity (Wildman–Crippen MR) is 132 cm³/mol. The van der Waals surface area contributed by atoms with E-state index in [1.54, 1.807) is 6.08 Å². The first-order valence-electron chi connectivity index (χ1n) is 9.95. The van der Waals surface area contributed by atoms with Crippen molar-refractivity contribution in [2.24, 2.45) is 0 Å². The summed E-state index contributed by atoms with van der Waals surface area (Å²) in [5.41, 5.74) is 3.73. The van der Waals surface area contributed by atoms with Crippen LogP contribution in [-0.2, 0) is 11.3 Å². The molecular weight excluding hydrogens is 442 g/mol. The lowest BCUT2D eigenvalue weighted by Crippen LogP contribution is -2.23. The van der Waals surface area contributed by atoms with Crippen molar-refractivity contribution in [3.8, 4) is 0 Å². The summed E-state index contributed by atoms with van der Waals surface area (Å²) in [5, 5.41) is 4.76. The zero-order chi connectivity index (χ0) is 22.2. The molecule has 9 heteroatoms. The Labute approximate surface area is 191 Å². The van der Waals surface area contributed by atoms with Gasteiger partial charge in [0.15, 0.2) is 10.3 Å². The molecule has 0 spiro atoms. The van der Waals surface area contributed by atoms with E-state index in [0.29, 0.717) is 27.9 Å². The lowest BCUT2D eigenvalue weighted by atomic mass is 10.2. The molecule has 2 aromatic carbocycles. The second kappa shape index (κ2) is 8.25. The number of aryl methyl sites for hydroxylation is 1. The molecule has 2 N–H and O–H groups in total. The van der Waals surface area contributed by atoms with Gasteiger partial charge in [0, 0.05) is 17.4 Å². The number of fused-ring (bicyclic) bond motifs is 4. The van der Waals surface area contributed by atoms with E-state index in [9.17, 15) is 9.59 Å². The summed E-state index contributed by atoms with van der Waals surface area (Å²) in [6.45, 7) is 6.07. The summed E-state index contributed by atoms with van der Waals surface area (Å²) in [6.07, 6.45) is 1.64. The van der Waals surface area contributed by atoms with Crippen LogP contribution >= 0.6 is 23.1 Å². The number of nitrogens with zero attached hydrogens (tertiary/aromatic N) is 3. The van der Waals surface area contributed by atoms with Gasteiger partial charge in [-0.15, -0.1) is 6.58 Å². The molecule has 160 valence electrons. The number of carbonyl (C=O) groups excluding carboxylic acids is 1. The third-order valence-electron chi connectivity index (χ3n) is 5.01. The number of benzene rings is 2. The van der Waals surface area contributed by atoms with Crippen molar-refractivity contribution in [3.05, 3.63) is 71.0 Å². The van der Waals surface area contributed by atoms with Crippen LogP contribution in [0.1, 0.15) is 5.56 Å². The van der Waals surface area contributed by atoms with Gasteiger partial charge in [0.1, 0.15) is 11.0 Å². The molecule has 5 aromatic rings. The molecule has 0 aliphatic rings. The van der Waals surface area contributed by atoms with Gasteiger partial charge in [-0.25, -0.2) is 9.97 Å². The van der Waals surface area contributed by atoms with Crippen LogP contribution in [-0.4, -0.2) is 31.2 Å². The van der Waals surface area contributed by atoms with E-state index in [0.717, 1.165) is 26.7 Å². The number of aromatic nitrogens is 4. The fourth-order valence-electron chi connectivity index (χ4n) is 3.55. The van der Waals surface area contributed by atoms with Gasteiger partial charge >= 0.3 is 0 Å². The van der Waals surface area contributed by atoms with Gasteiger partial charge in [-0.2, -0.15) is 0 Å². The molecule has 3 heterocycles. The summed E-state index contributed by atoms with van der Waals surface area (Å²) < 4.78 is 2.56. The van der Waals surface area contributed by atoms with Gasteiger partial charge < -0.3 is 10.3 Å². The van der Waals surface area contributed by atoms with E-state index in [1.807, 2.05) is 49.4 Å². The van der Waals surface area contributed by atoms with Gasteiger partial charge in [0.2, 0.25) is 5.91 Å². The Hall–Kier alpha value is -3.43. The topological polar surface area (TPSA) is 92.7 Å². The number of hydrogen-bond donors (Lipinski definition) is 2. The van der Waals surface area contributed by atoms with Crippen LogP contribution < -0.4 is 10.9 Å². The molecule has 0 aliphatic heterocycles. The van der Waals surface area contributed by atoms with E-state index in [1.165, 1.54) is 27.7 Å². The van der Waals surface area contributed by atoms with Crippen molar-refractivity contribution in [2.75, 3.05) is 11.1 Å². The average Bonchev–Trinajstić information content (AvgIpc) is 3.35. The molecular formula is C23H19N5O2S2. The summed E-state index contributed by atoms with van der Waals surface area (Å²) in [6, 6.07) is 13.6. The number of thiazole rings is 1. The SMILES string of the molecule is C=CCn1c(SCC(=O)Nc2nc3ccc(C)cc3s2)nc2c([nH]c3ccccc32)c1=O. The molecule has 3 aromatic heterocycles. The van der Waals surface area contributed by atoms with E-state index >= 15 is 0 Å². The molecule has 0 fully saturated rings. The molecule has 0 atom stereocenters. The number of aromatic amines is 1. The predicted octanol–water partition coefficient (Wildman–Crippen LogP) is 4.71. The minimum absolute atomic E-state index is 0.104. The van der Waals surface area contributed by atoms with Crippen LogP contribution in [0, 0.1) is 6.92 Å². The fourth-order valence-corrected chi connectivity index (χ4v) is 5.33. The van der Waals surface area contributed by atoms with Crippen LogP contribution in [0.4, 0.5) is 5.13 Å². The molecule has 0 saturated heterocycles. The Kier molecular flexibility index (Phi) is 5.28. The first-order chi connectivity index (χ1) is 15.5. The van der Waals surface area contributed by atoms with Crippen LogP contribution in [0.15, 0.2) is 65.1 Å². The van der Waals surface area contributed by atoms with Gasteiger partial charge in [0.25, 0.3) is 5.56 Å². The maximum atomic E-state index is 13.1. The highest BCUT2D eigenvalue weighted by Crippen LogP contribution is 2.28. The van der Waals surface area contributed by atoms with E-state index in [2.05, 4.69) is 21.9 Å². The number of rotatable bonds is 6. The van der Waals surface area contributed by atoms with Crippen LogP contribution in [0.2, 0.25) is 0 Å². The highest BCUT2D eigenvalue weighted by molar-refractivity contribution is 7.99. The number of nitrogens with one attached hydrogen (secondary N) is 2. The largest absolute Gasteiger partial charge is 0.349 e. The van der Waals surface area contributed by atoms with E-state index < -0.39 is 0 Å². The van der Waals surface area contributed by atoms with E-state index in [-0.39, 0.29) is 17.2 Å². The molecule has 0 saturated carbocycles. The second-order valence-corrected chi connectivity index (χ2v) is 9.29. The quantitative estimate of drug-likeness (QED) is 0.217. The smallest absolute Gasteiger partial charge is 0.278 e. The Balaban J connectivity index is 1.42. The third-order valence-corrected chi connectivity index (χ3v) is 6.92. The van der Waals surface area contributed by atoms with Crippen LogP contribution in [0.25, 0.3) is 32.2 Å². The van der Waals surface area contributed by atoms with Crippen molar-refractivity contribution in [2.45, 2.75) is 18.6 Å². The molecule has 0 bridgehead atoms. The standard InChI is InChI=1S/C23H19N5O2S2/c1-3-10-28-21(30)20-19(14-6-4-5-7-15(14)24-20)27-23(28)31-12-18(29)26-22-25-16-9-8-13(2)11-17(16)32-22/h3-9,11,24H,1,10,12H2,2H3,(H,25,26,29). The number of anilines is 1. The van der Waals surface area contributed by atoms with Crippen molar-refractivity contribution in [1.82, 2.24) is 19.5 Å². The van der Waals surface area contributed by atoms with Crippen molar-refractivity contribution < 1.29 is 4.79 Å². The normalized spacial score (nSPS) is 11.4. The molecule has 0 unspecified atom stereocenters. The maximum Gasteiger partial charge on any atom is 0.278 e. The Morgan fingerprint density at radius 2 is 2.12 bits per heavy atom. The van der Waals surface area contributed by atoms with Gasteiger partial charge in [0.05, 0.1) is 16.0 Å². The number of H-pyrrole nitrogens is 1. The number of amides is 1. The Bertz CT molecular complexity index is 1560. The third kappa shape index (κ3) is 3.69. The molecule has 0 radical (unpaired) electrons. The minimum atomic E-state index is -0.204. The zero-order valence-electron chi connectivity index (χ0n) is 17.2. The van der Waals surface area contributed by atoms with Gasteiger partial charge in [-0.1, -0.05) is 53.4 Å². The fraction of sp³-hybridized carbons (Fsp3) is 0.130. The van der Waals surface area contributed by atoms with Crippen molar-refractivity contribution in [3.63, 3.8) is 0 Å². The summed E-state index contributed by atoms with van der Waals surface area (Å²) >= 11 is 2.66. The van der Waals surface area contributed by atoms with Gasteiger partial charge in [-0.3, -0.25) is 14.2 Å². The summed E-state index contributed by atoms with van der Waals surface area (Å²) in [7, 11) is 0. The molecule has 7 nitrogen and oxygen atoms in total. The molecule has 1 amide bonds. The minimum Gasteiger partial charge on any atom is -0.349 e. The highest BCUT2D eigenvalue weighted by atomic mass is 32.2. The number of hydrogen-bond acceptors (Lipinski definition) is 6. The zero-order valence-corrected chi connectivity index (χ0v) is 18.8. The molecule has 5 rings (SSSR count). The van der Waals surface area contributed by atoms with Crippen LogP contribution in [0.5, 0.6) is 0 Å². The summed E-state index contributed by atoms with van der Waals surface area (Å²) in [5.74, 6) is -0.101. The number of carbonyl (C=O) groups is 1. The highest BCUT2D eigenvalue weighted by Gasteiger charge is 2.17. The van der Waals surface area contributed by atoms with Crippen molar-refractivity contribution in [1.29, 1.82) is 0 Å². The lowest BCUT2D eigenvalue weighted by Gasteiger charge is -2.09. The second-order valence-electron chi connectivity index (χ2n) is 7.32. The monoisotopic (exact) mass is 461 g/mol. The van der Waals surface area contributed by atoms with E-state index in [4.69, 9.17) is 4.98 Å². The maximum absolute atomic E-state index is 13.1. The molecule has 0 aliphatic carbocycles. The first-order valence-corrected chi connectivity index (χ1v) is 11.8. The Morgan fingerprint density at radius 1 is 1.28 bits per heavy atom. The lowest BCUT2D eigenvalue weighted by molar-refractivity contribution is -0.113. The molecule has 32 heavy (non-hydrogen) atoms. The number of thioether (sulfide) groups is 1. The summed E-state index contributed by atoms with van der Waals surface area (Å²) in [4.78, 5) is 38.0. The average molecular weight is 462 g/mol. The first kappa shape index (κ1) is 20.5. The van der Waals surface area contributed by atoms with Crippen molar-refractivity contribution >= 4 is 66.3 Å². The van der Waals surface area contributed by atoms with Gasteiger partial charge in [-0.05, 0) is 30.7 Å². The number of allylic oxidation sites excluding steroid dienone is 1. The van der Waals surface area contributed by atoms with Crippen LogP contribution in [0.3, 0.4) is 0 Å². The number of para-hydroxylation sites is 1.